The van der Waals surface area contributed by atoms with Gasteiger partial charge in [-0.2, -0.15) is 0 Å². The molecule has 0 unspecified atom stereocenters. The van der Waals surface area contributed by atoms with Crippen molar-refractivity contribution in [3.8, 4) is 0 Å². The first-order valence-electron chi connectivity index (χ1n) is 10.3. The van der Waals surface area contributed by atoms with Gasteiger partial charge in [0.2, 0.25) is 0 Å². The maximum absolute atomic E-state index is 11.5. The maximum Gasteiger partial charge on any atom is 0.354 e. The SMILES string of the molecule is CNC(=O)c1cc(N2CCOCC2)cc(Cl)n1.O=C(O)c1cc(N2CCOCC2)cc(Cl)n1. The summed E-state index contributed by atoms with van der Waals surface area (Å²) in [6.07, 6.45) is 0. The van der Waals surface area contributed by atoms with Gasteiger partial charge in [0.15, 0.2) is 5.69 Å². The van der Waals surface area contributed by atoms with Gasteiger partial charge in [0, 0.05) is 44.6 Å². The summed E-state index contributed by atoms with van der Waals surface area (Å²) in [5, 5.41) is 11.9. The minimum atomic E-state index is -1.07. The van der Waals surface area contributed by atoms with Crippen molar-refractivity contribution in [3.63, 3.8) is 0 Å². The monoisotopic (exact) mass is 497 g/mol. The Labute approximate surface area is 201 Å². The number of nitrogens with zero attached hydrogens (tertiary/aromatic N) is 4. The molecule has 2 aliphatic rings. The molecule has 4 rings (SSSR count). The lowest BCUT2D eigenvalue weighted by atomic mass is 10.2. The summed E-state index contributed by atoms with van der Waals surface area (Å²) in [4.78, 5) is 34.2. The van der Waals surface area contributed by atoms with Crippen LogP contribution in [0.15, 0.2) is 24.3 Å². The second-order valence-electron chi connectivity index (χ2n) is 7.15. The van der Waals surface area contributed by atoms with Gasteiger partial charge in [-0.3, -0.25) is 4.79 Å². The first-order chi connectivity index (χ1) is 15.9. The highest BCUT2D eigenvalue weighted by Crippen LogP contribution is 2.22. The zero-order valence-corrected chi connectivity index (χ0v) is 19.6. The molecule has 2 aromatic heterocycles. The van der Waals surface area contributed by atoms with Gasteiger partial charge < -0.3 is 29.7 Å². The minimum absolute atomic E-state index is 0.0333. The summed E-state index contributed by atoms with van der Waals surface area (Å²) >= 11 is 11.7. The Morgan fingerprint density at radius 3 is 1.70 bits per heavy atom. The summed E-state index contributed by atoms with van der Waals surface area (Å²) in [6, 6.07) is 6.70. The predicted molar refractivity (Wildman–Crippen MR) is 125 cm³/mol. The molecule has 2 aromatic rings. The van der Waals surface area contributed by atoms with Crippen molar-refractivity contribution >= 4 is 46.5 Å². The quantitative estimate of drug-likeness (QED) is 0.612. The molecule has 178 valence electrons. The van der Waals surface area contributed by atoms with Crippen molar-refractivity contribution < 1.29 is 24.2 Å². The topological polar surface area (TPSA) is 117 Å². The highest BCUT2D eigenvalue weighted by atomic mass is 35.5. The number of morpholine rings is 2. The van der Waals surface area contributed by atoms with Gasteiger partial charge in [-0.05, 0) is 24.3 Å². The van der Waals surface area contributed by atoms with E-state index in [1.54, 1.807) is 25.2 Å². The Morgan fingerprint density at radius 1 is 0.848 bits per heavy atom. The van der Waals surface area contributed by atoms with E-state index in [0.29, 0.717) is 37.3 Å². The molecule has 0 aliphatic carbocycles. The van der Waals surface area contributed by atoms with Crippen LogP contribution in [0.1, 0.15) is 21.0 Å². The van der Waals surface area contributed by atoms with E-state index < -0.39 is 5.97 Å². The molecule has 0 aromatic carbocycles. The third-order valence-electron chi connectivity index (χ3n) is 4.99. The number of aromatic carboxylic acids is 1. The van der Waals surface area contributed by atoms with Crippen LogP contribution in [0.4, 0.5) is 11.4 Å². The lowest BCUT2D eigenvalue weighted by molar-refractivity contribution is 0.0690. The third-order valence-corrected chi connectivity index (χ3v) is 5.38. The lowest BCUT2D eigenvalue weighted by Crippen LogP contribution is -2.36. The molecule has 0 spiro atoms. The Balaban J connectivity index is 0.000000186. The molecule has 2 N–H and O–H groups in total. The predicted octanol–water partition coefficient (Wildman–Crippen LogP) is 2.20. The molecule has 33 heavy (non-hydrogen) atoms. The number of carbonyl (C=O) groups is 2. The zero-order chi connectivity index (χ0) is 23.8. The number of ether oxygens (including phenoxy) is 2. The van der Waals surface area contributed by atoms with Crippen LogP contribution in [-0.2, 0) is 9.47 Å². The van der Waals surface area contributed by atoms with Crippen molar-refractivity contribution in [1.29, 1.82) is 0 Å². The van der Waals surface area contributed by atoms with E-state index in [2.05, 4.69) is 20.2 Å². The van der Waals surface area contributed by atoms with Crippen LogP contribution >= 0.6 is 23.2 Å². The molecule has 0 bridgehead atoms. The minimum Gasteiger partial charge on any atom is -0.477 e. The van der Waals surface area contributed by atoms with Gasteiger partial charge in [0.05, 0.1) is 26.4 Å². The van der Waals surface area contributed by atoms with Crippen LogP contribution in [0.5, 0.6) is 0 Å². The number of hydrogen-bond donors (Lipinski definition) is 2. The molecule has 2 fully saturated rings. The number of aromatic nitrogens is 2. The van der Waals surface area contributed by atoms with Gasteiger partial charge in [-0.1, -0.05) is 23.2 Å². The summed E-state index contributed by atoms with van der Waals surface area (Å²) in [7, 11) is 1.57. The number of nitrogens with one attached hydrogen (secondary N) is 1. The van der Waals surface area contributed by atoms with Gasteiger partial charge in [0.1, 0.15) is 16.0 Å². The molecule has 4 heterocycles. The molecule has 2 aliphatic heterocycles. The summed E-state index contributed by atoms with van der Waals surface area (Å²) < 4.78 is 10.5. The average Bonchev–Trinajstić information content (AvgIpc) is 2.84. The number of hydrogen-bond acceptors (Lipinski definition) is 8. The van der Waals surface area contributed by atoms with E-state index in [1.807, 2.05) is 4.90 Å². The highest BCUT2D eigenvalue weighted by molar-refractivity contribution is 6.30. The number of rotatable bonds is 4. The molecule has 1 amide bonds. The van der Waals surface area contributed by atoms with Gasteiger partial charge in [0.25, 0.3) is 5.91 Å². The standard InChI is InChI=1S/C11H14ClN3O2.C10H11ClN2O3/c1-13-11(16)9-6-8(7-10(12)14-9)15-2-4-17-5-3-15;11-9-6-7(5-8(12-9)10(14)15)13-1-3-16-4-2-13/h6-7H,2-5H2,1H3,(H,13,16);5-6H,1-4H2,(H,14,15). The van der Waals surface area contributed by atoms with Gasteiger partial charge >= 0.3 is 5.97 Å². The lowest BCUT2D eigenvalue weighted by Gasteiger charge is -2.29. The van der Waals surface area contributed by atoms with E-state index >= 15 is 0 Å². The van der Waals surface area contributed by atoms with Gasteiger partial charge in [-0.25, -0.2) is 14.8 Å². The smallest absolute Gasteiger partial charge is 0.354 e. The van der Waals surface area contributed by atoms with E-state index in [9.17, 15) is 9.59 Å². The van der Waals surface area contributed by atoms with E-state index in [0.717, 1.165) is 37.6 Å². The molecule has 12 heteroatoms. The summed E-state index contributed by atoms with van der Waals surface area (Å²) in [5.41, 5.74) is 1.99. The zero-order valence-electron chi connectivity index (χ0n) is 18.1. The first kappa shape index (κ1) is 25.0. The summed E-state index contributed by atoms with van der Waals surface area (Å²) in [5.74, 6) is -1.31. The van der Waals surface area contributed by atoms with Crippen molar-refractivity contribution in [3.05, 3.63) is 46.0 Å². The number of pyridine rings is 2. The number of anilines is 2. The molecule has 2 saturated heterocycles. The number of halogens is 2. The van der Waals surface area contributed by atoms with Crippen molar-refractivity contribution in [2.75, 3.05) is 69.5 Å². The third kappa shape index (κ3) is 7.16. The van der Waals surface area contributed by atoms with Crippen LogP contribution in [0, 0.1) is 0 Å². The van der Waals surface area contributed by atoms with E-state index in [-0.39, 0.29) is 16.8 Å². The highest BCUT2D eigenvalue weighted by Gasteiger charge is 2.16. The average molecular weight is 498 g/mol. The second kappa shape index (κ2) is 12.0. The number of carboxylic acid groups (broad SMARTS) is 1. The Bertz CT molecular complexity index is 982. The van der Waals surface area contributed by atoms with Crippen LogP contribution in [-0.4, -0.2) is 86.6 Å². The van der Waals surface area contributed by atoms with Crippen LogP contribution in [0.25, 0.3) is 0 Å². The Kier molecular flexibility index (Phi) is 9.07. The molecule has 0 radical (unpaired) electrons. The van der Waals surface area contributed by atoms with Crippen molar-refractivity contribution in [1.82, 2.24) is 15.3 Å². The van der Waals surface area contributed by atoms with E-state index in [1.165, 1.54) is 6.07 Å². The maximum atomic E-state index is 11.5. The first-order valence-corrected chi connectivity index (χ1v) is 11.1. The van der Waals surface area contributed by atoms with Crippen LogP contribution in [0.3, 0.4) is 0 Å². The van der Waals surface area contributed by atoms with Crippen LogP contribution < -0.4 is 15.1 Å². The fourth-order valence-corrected chi connectivity index (χ4v) is 3.73. The number of amides is 1. The van der Waals surface area contributed by atoms with E-state index in [4.69, 9.17) is 37.8 Å². The van der Waals surface area contributed by atoms with Crippen molar-refractivity contribution in [2.45, 2.75) is 0 Å². The molecule has 0 atom stereocenters. The fraction of sp³-hybridized carbons (Fsp3) is 0.429. The molecular formula is C21H25Cl2N5O5. The summed E-state index contributed by atoms with van der Waals surface area (Å²) in [6.45, 7) is 5.73. The number of carbonyl (C=O) groups excluding carboxylic acids is 1. The van der Waals surface area contributed by atoms with Crippen molar-refractivity contribution in [2.24, 2.45) is 0 Å². The largest absolute Gasteiger partial charge is 0.477 e. The second-order valence-corrected chi connectivity index (χ2v) is 7.92. The molecule has 0 saturated carbocycles. The Morgan fingerprint density at radius 2 is 1.27 bits per heavy atom. The molecular weight excluding hydrogens is 473 g/mol. The normalized spacial score (nSPS) is 16.0. The fourth-order valence-electron chi connectivity index (χ4n) is 3.33. The molecule has 10 nitrogen and oxygen atoms in total. The Hall–Kier alpha value is -2.66. The number of carboxylic acids is 1. The van der Waals surface area contributed by atoms with Gasteiger partial charge in [-0.15, -0.1) is 0 Å². The van der Waals surface area contributed by atoms with Crippen LogP contribution in [0.2, 0.25) is 10.3 Å².